The van der Waals surface area contributed by atoms with E-state index in [1.807, 2.05) is 29.6 Å². The number of hydrogen-bond donors (Lipinski definition) is 1. The average molecular weight is 445 g/mol. The molecule has 0 amide bonds. The van der Waals surface area contributed by atoms with Crippen LogP contribution in [0.25, 0.3) is 11.3 Å². The molecule has 1 aromatic heterocycles. The first-order valence-corrected chi connectivity index (χ1v) is 10.7. The van der Waals surface area contributed by atoms with Crippen LogP contribution in [0, 0.1) is 17.0 Å². The van der Waals surface area contributed by atoms with Crippen LogP contribution >= 0.6 is 11.3 Å². The highest BCUT2D eigenvalue weighted by Gasteiger charge is 2.10. The van der Waals surface area contributed by atoms with Gasteiger partial charge in [-0.05, 0) is 24.6 Å². The fraction of sp³-hybridized carbons (Fsp3) is 0.0833. The lowest BCUT2D eigenvalue weighted by Gasteiger charge is -2.09. The van der Waals surface area contributed by atoms with Gasteiger partial charge in [-0.2, -0.15) is 5.10 Å². The number of non-ortho nitro benzene ring substituents is 1. The van der Waals surface area contributed by atoms with Crippen molar-refractivity contribution < 1.29 is 9.66 Å². The fourth-order valence-corrected chi connectivity index (χ4v) is 3.63. The summed E-state index contributed by atoms with van der Waals surface area (Å²) < 4.78 is 5.97. The number of rotatable bonds is 8. The van der Waals surface area contributed by atoms with Crippen LogP contribution in [0.4, 0.5) is 10.8 Å². The van der Waals surface area contributed by atoms with Gasteiger partial charge in [-0.25, -0.2) is 4.98 Å². The van der Waals surface area contributed by atoms with Gasteiger partial charge < -0.3 is 4.74 Å². The molecule has 7 nitrogen and oxygen atoms in total. The van der Waals surface area contributed by atoms with Crippen molar-refractivity contribution in [2.24, 2.45) is 5.10 Å². The van der Waals surface area contributed by atoms with Crippen molar-refractivity contribution in [2.75, 3.05) is 5.43 Å². The van der Waals surface area contributed by atoms with E-state index in [4.69, 9.17) is 4.74 Å². The Balaban J connectivity index is 1.41. The number of nitrogens with zero attached hydrogens (tertiary/aromatic N) is 3. The van der Waals surface area contributed by atoms with Crippen LogP contribution in [-0.2, 0) is 6.61 Å². The number of benzene rings is 3. The fourth-order valence-electron chi connectivity index (χ4n) is 2.96. The van der Waals surface area contributed by atoms with Crippen molar-refractivity contribution in [1.29, 1.82) is 0 Å². The number of thiazole rings is 1. The first-order valence-electron chi connectivity index (χ1n) is 9.85. The maximum absolute atomic E-state index is 11.0. The molecule has 0 saturated carbocycles. The van der Waals surface area contributed by atoms with E-state index in [0.717, 1.165) is 16.9 Å². The molecule has 0 spiro atoms. The highest BCUT2D eigenvalue weighted by molar-refractivity contribution is 7.14. The van der Waals surface area contributed by atoms with Crippen LogP contribution in [-0.4, -0.2) is 16.1 Å². The summed E-state index contributed by atoms with van der Waals surface area (Å²) >= 11 is 1.37. The van der Waals surface area contributed by atoms with Crippen molar-refractivity contribution in [3.63, 3.8) is 0 Å². The number of hydrazone groups is 1. The van der Waals surface area contributed by atoms with Crippen LogP contribution in [0.15, 0.2) is 83.3 Å². The molecule has 8 heteroatoms. The number of aryl methyl sites for hydroxylation is 1. The third kappa shape index (κ3) is 5.35. The molecule has 0 aliphatic heterocycles. The highest BCUT2D eigenvalue weighted by atomic mass is 32.1. The SMILES string of the molecule is Cc1ccc(COc2ccccc2/C=N/Nc2nc(-c3cccc([N+](=O)[O-])c3)cs2)cc1. The summed E-state index contributed by atoms with van der Waals surface area (Å²) in [6, 6.07) is 22.3. The van der Waals surface area contributed by atoms with Gasteiger partial charge in [0.05, 0.1) is 16.8 Å². The molecule has 1 N–H and O–H groups in total. The third-order valence-corrected chi connectivity index (χ3v) is 5.40. The molecule has 0 fully saturated rings. The smallest absolute Gasteiger partial charge is 0.270 e. The normalized spacial score (nSPS) is 10.9. The Morgan fingerprint density at radius 1 is 1.12 bits per heavy atom. The van der Waals surface area contributed by atoms with Crippen LogP contribution < -0.4 is 10.2 Å². The van der Waals surface area contributed by atoms with E-state index in [1.54, 1.807) is 18.3 Å². The Bertz CT molecular complexity index is 1250. The van der Waals surface area contributed by atoms with Crippen molar-refractivity contribution in [3.05, 3.63) is 105 Å². The van der Waals surface area contributed by atoms with Gasteiger partial charge in [0, 0.05) is 28.6 Å². The minimum atomic E-state index is -0.419. The zero-order valence-electron chi connectivity index (χ0n) is 17.3. The molecule has 0 radical (unpaired) electrons. The third-order valence-electron chi connectivity index (χ3n) is 4.65. The highest BCUT2D eigenvalue weighted by Crippen LogP contribution is 2.27. The zero-order valence-corrected chi connectivity index (χ0v) is 18.1. The number of anilines is 1. The topological polar surface area (TPSA) is 89.7 Å². The zero-order chi connectivity index (χ0) is 22.3. The molecule has 4 rings (SSSR count). The second-order valence-corrected chi connectivity index (χ2v) is 7.89. The molecule has 0 aliphatic rings. The Morgan fingerprint density at radius 2 is 1.94 bits per heavy atom. The first-order chi connectivity index (χ1) is 15.6. The Labute approximate surface area is 189 Å². The predicted molar refractivity (Wildman–Crippen MR) is 127 cm³/mol. The van der Waals surface area contributed by atoms with Crippen LogP contribution in [0.3, 0.4) is 0 Å². The van der Waals surface area contributed by atoms with Gasteiger partial charge in [-0.1, -0.05) is 54.1 Å². The number of nitrogens with one attached hydrogen (secondary N) is 1. The van der Waals surface area contributed by atoms with Crippen molar-refractivity contribution >= 4 is 28.4 Å². The summed E-state index contributed by atoms with van der Waals surface area (Å²) in [4.78, 5) is 15.0. The maximum atomic E-state index is 11.0. The van der Waals surface area contributed by atoms with Crippen molar-refractivity contribution in [3.8, 4) is 17.0 Å². The number of aromatic nitrogens is 1. The van der Waals surface area contributed by atoms with Gasteiger partial charge in [0.1, 0.15) is 12.4 Å². The Kier molecular flexibility index (Phi) is 6.52. The summed E-state index contributed by atoms with van der Waals surface area (Å²) in [5.74, 6) is 0.732. The quantitative estimate of drug-likeness (QED) is 0.203. The molecule has 32 heavy (non-hydrogen) atoms. The lowest BCUT2D eigenvalue weighted by Crippen LogP contribution is -1.99. The van der Waals surface area contributed by atoms with Gasteiger partial charge in [0.25, 0.3) is 5.69 Å². The molecule has 3 aromatic carbocycles. The van der Waals surface area contributed by atoms with Crippen LogP contribution in [0.2, 0.25) is 0 Å². The number of ether oxygens (including phenoxy) is 1. The van der Waals surface area contributed by atoms with E-state index in [1.165, 1.54) is 29.0 Å². The summed E-state index contributed by atoms with van der Waals surface area (Å²) in [5.41, 5.74) is 7.42. The van der Waals surface area contributed by atoms with Gasteiger partial charge in [-0.3, -0.25) is 15.5 Å². The monoisotopic (exact) mass is 444 g/mol. The predicted octanol–water partition coefficient (Wildman–Crippen LogP) is 6.05. The van der Waals surface area contributed by atoms with E-state index >= 15 is 0 Å². The van der Waals surface area contributed by atoms with Gasteiger partial charge in [0.15, 0.2) is 0 Å². The number of hydrogen-bond acceptors (Lipinski definition) is 7. The molecular weight excluding hydrogens is 424 g/mol. The van der Waals surface area contributed by atoms with E-state index in [-0.39, 0.29) is 5.69 Å². The van der Waals surface area contributed by atoms with E-state index < -0.39 is 4.92 Å². The van der Waals surface area contributed by atoms with Crippen LogP contribution in [0.5, 0.6) is 5.75 Å². The summed E-state index contributed by atoms with van der Waals surface area (Å²) in [6.07, 6.45) is 1.68. The molecule has 0 saturated heterocycles. The maximum Gasteiger partial charge on any atom is 0.270 e. The largest absolute Gasteiger partial charge is 0.488 e. The summed E-state index contributed by atoms with van der Waals surface area (Å²) in [7, 11) is 0. The van der Waals surface area contributed by atoms with Gasteiger partial charge in [0.2, 0.25) is 5.13 Å². The molecule has 0 unspecified atom stereocenters. The summed E-state index contributed by atoms with van der Waals surface area (Å²) in [5, 5.41) is 17.7. The average Bonchev–Trinajstić information content (AvgIpc) is 3.28. The minimum Gasteiger partial charge on any atom is -0.488 e. The van der Waals surface area contributed by atoms with Crippen LogP contribution in [0.1, 0.15) is 16.7 Å². The molecule has 160 valence electrons. The second-order valence-electron chi connectivity index (χ2n) is 7.03. The summed E-state index contributed by atoms with van der Waals surface area (Å²) in [6.45, 7) is 2.52. The molecule has 4 aromatic rings. The standard InChI is InChI=1S/C24H20N4O3S/c1-17-9-11-18(12-10-17)15-31-23-8-3-2-5-20(23)14-25-27-24-26-22(16-32-24)19-6-4-7-21(13-19)28(29)30/h2-14,16H,15H2,1H3,(H,26,27)/b25-14+. The molecular formula is C24H20N4O3S. The molecule has 0 atom stereocenters. The Morgan fingerprint density at radius 3 is 2.75 bits per heavy atom. The van der Waals surface area contributed by atoms with E-state index in [9.17, 15) is 10.1 Å². The number of nitro groups is 1. The molecule has 0 aliphatic carbocycles. The van der Waals surface area contributed by atoms with Crippen molar-refractivity contribution in [1.82, 2.24) is 4.98 Å². The Hall–Kier alpha value is -4.04. The lowest BCUT2D eigenvalue weighted by molar-refractivity contribution is -0.384. The molecule has 1 heterocycles. The van der Waals surface area contributed by atoms with E-state index in [2.05, 4.69) is 46.7 Å². The minimum absolute atomic E-state index is 0.0327. The lowest BCUT2D eigenvalue weighted by atomic mass is 10.1. The molecule has 0 bridgehead atoms. The van der Waals surface area contributed by atoms with E-state index in [0.29, 0.717) is 23.0 Å². The van der Waals surface area contributed by atoms with Gasteiger partial charge in [-0.15, -0.1) is 11.3 Å². The van der Waals surface area contributed by atoms with Gasteiger partial charge >= 0.3 is 0 Å². The number of para-hydroxylation sites is 1. The first kappa shape index (κ1) is 21.2. The van der Waals surface area contributed by atoms with Crippen molar-refractivity contribution in [2.45, 2.75) is 13.5 Å². The second kappa shape index (κ2) is 9.84. The number of nitro benzene ring substituents is 1.